The van der Waals surface area contributed by atoms with Crippen LogP contribution < -0.4 is 0 Å². The molecule has 7 atom stereocenters. The first-order valence-electron chi connectivity index (χ1n) is 14.5. The number of esters is 2. The highest BCUT2D eigenvalue weighted by molar-refractivity contribution is 6.21. The molecule has 3 aliphatic rings. The van der Waals surface area contributed by atoms with Gasteiger partial charge in [0.2, 0.25) is 0 Å². The van der Waals surface area contributed by atoms with Gasteiger partial charge in [-0.2, -0.15) is 0 Å². The molecule has 2 saturated carbocycles. The van der Waals surface area contributed by atoms with E-state index >= 15 is 0 Å². The highest BCUT2D eigenvalue weighted by Gasteiger charge is 2.49. The van der Waals surface area contributed by atoms with Gasteiger partial charge in [-0.25, -0.2) is 4.79 Å². The SMILES string of the molecule is C=CC1CC(/C=C\C2CC(C=C)C(CN3C(=O)c4ccccc4C3=O)C2)C(C)(C(=O)OCC(CCl)OC(=O)C(=C)C)C1. The Hall–Kier alpha value is -3.45. The molecule has 0 aromatic heterocycles. The third-order valence-corrected chi connectivity index (χ3v) is 9.40. The van der Waals surface area contributed by atoms with Crippen LogP contribution in [0.4, 0.5) is 0 Å². The van der Waals surface area contributed by atoms with Crippen LogP contribution in [0.2, 0.25) is 0 Å². The maximum absolute atomic E-state index is 13.4. The first kappa shape index (κ1) is 31.5. The van der Waals surface area contributed by atoms with Gasteiger partial charge < -0.3 is 9.47 Å². The zero-order chi connectivity index (χ0) is 30.6. The molecule has 1 heterocycles. The Morgan fingerprint density at radius 2 is 1.74 bits per heavy atom. The molecule has 4 rings (SSSR count). The van der Waals surface area contributed by atoms with Gasteiger partial charge in [0, 0.05) is 12.1 Å². The van der Waals surface area contributed by atoms with Crippen LogP contribution in [0.15, 0.2) is 73.9 Å². The van der Waals surface area contributed by atoms with E-state index in [-0.39, 0.29) is 65.4 Å². The van der Waals surface area contributed by atoms with Gasteiger partial charge in [0.15, 0.2) is 0 Å². The summed E-state index contributed by atoms with van der Waals surface area (Å²) in [5, 5.41) is 0. The molecule has 0 N–H and O–H groups in total. The van der Waals surface area contributed by atoms with Gasteiger partial charge in [0.05, 0.1) is 22.4 Å². The zero-order valence-electron chi connectivity index (χ0n) is 24.4. The van der Waals surface area contributed by atoms with E-state index in [0.717, 1.165) is 19.3 Å². The Labute approximate surface area is 253 Å². The minimum Gasteiger partial charge on any atom is -0.461 e. The zero-order valence-corrected chi connectivity index (χ0v) is 25.2. The lowest BCUT2D eigenvalue weighted by atomic mass is 9.79. The van der Waals surface area contributed by atoms with Crippen molar-refractivity contribution in [1.82, 2.24) is 4.90 Å². The minimum absolute atomic E-state index is 0.00431. The van der Waals surface area contributed by atoms with Crippen molar-refractivity contribution in [3.05, 3.63) is 85.0 Å². The predicted octanol–water partition coefficient (Wildman–Crippen LogP) is 6.16. The summed E-state index contributed by atoms with van der Waals surface area (Å²) in [6.07, 6.45) is 10.4. The van der Waals surface area contributed by atoms with Gasteiger partial charge in [0.25, 0.3) is 11.8 Å². The summed E-state index contributed by atoms with van der Waals surface area (Å²) in [4.78, 5) is 52.5. The summed E-state index contributed by atoms with van der Waals surface area (Å²) in [5.74, 6) is -0.833. The van der Waals surface area contributed by atoms with Crippen LogP contribution in [0.3, 0.4) is 0 Å². The molecular formula is C34H40ClNO6. The highest BCUT2D eigenvalue weighted by atomic mass is 35.5. The lowest BCUT2D eigenvalue weighted by molar-refractivity contribution is -0.163. The number of carbonyl (C=O) groups excluding carboxylic acids is 4. The van der Waals surface area contributed by atoms with Crippen molar-refractivity contribution in [2.24, 2.45) is 35.0 Å². The number of alkyl halides is 1. The van der Waals surface area contributed by atoms with Crippen molar-refractivity contribution in [3.8, 4) is 0 Å². The summed E-state index contributed by atoms with van der Waals surface area (Å²) in [7, 11) is 0. The number of rotatable bonds is 12. The highest BCUT2D eigenvalue weighted by Crippen LogP contribution is 2.49. The average Bonchev–Trinajstić information content (AvgIpc) is 3.62. The maximum atomic E-state index is 13.4. The maximum Gasteiger partial charge on any atom is 0.333 e. The van der Waals surface area contributed by atoms with E-state index in [9.17, 15) is 19.2 Å². The van der Waals surface area contributed by atoms with Crippen molar-refractivity contribution < 1.29 is 28.7 Å². The van der Waals surface area contributed by atoms with Gasteiger partial charge in [0.1, 0.15) is 12.7 Å². The molecule has 8 heteroatoms. The summed E-state index contributed by atoms with van der Waals surface area (Å²) >= 11 is 5.95. The van der Waals surface area contributed by atoms with Crippen LogP contribution in [0.5, 0.6) is 0 Å². The predicted molar refractivity (Wildman–Crippen MR) is 162 cm³/mol. The number of halogens is 1. The first-order valence-corrected chi connectivity index (χ1v) is 15.0. The number of nitrogens with zero attached hydrogens (tertiary/aromatic N) is 1. The molecule has 42 heavy (non-hydrogen) atoms. The van der Waals surface area contributed by atoms with Crippen LogP contribution in [-0.2, 0) is 19.1 Å². The number of ether oxygens (including phenoxy) is 2. The van der Waals surface area contributed by atoms with Gasteiger partial charge in [-0.05, 0) is 81.3 Å². The molecule has 2 aliphatic carbocycles. The second-order valence-corrected chi connectivity index (χ2v) is 12.4. The summed E-state index contributed by atoms with van der Waals surface area (Å²) in [5.41, 5.74) is 0.390. The summed E-state index contributed by atoms with van der Waals surface area (Å²) in [6.45, 7) is 15.2. The molecule has 0 spiro atoms. The molecule has 224 valence electrons. The molecule has 7 unspecified atom stereocenters. The Bertz CT molecular complexity index is 1270. The number of benzene rings is 1. The van der Waals surface area contributed by atoms with E-state index in [1.807, 2.05) is 19.1 Å². The number of amides is 2. The number of imide groups is 1. The van der Waals surface area contributed by atoms with Gasteiger partial charge in [-0.3, -0.25) is 19.3 Å². The molecule has 1 aromatic carbocycles. The fraction of sp³-hybridized carbons (Fsp3) is 0.471. The van der Waals surface area contributed by atoms with Crippen LogP contribution in [0, 0.1) is 35.0 Å². The Balaban J connectivity index is 1.41. The van der Waals surface area contributed by atoms with E-state index in [0.29, 0.717) is 24.1 Å². The molecule has 0 bridgehead atoms. The lowest BCUT2D eigenvalue weighted by Gasteiger charge is -2.28. The molecule has 0 radical (unpaired) electrons. The van der Waals surface area contributed by atoms with E-state index in [1.54, 1.807) is 31.2 Å². The Morgan fingerprint density at radius 1 is 1.07 bits per heavy atom. The molecular weight excluding hydrogens is 554 g/mol. The topological polar surface area (TPSA) is 90.0 Å². The van der Waals surface area contributed by atoms with Crippen LogP contribution >= 0.6 is 11.6 Å². The second-order valence-electron chi connectivity index (χ2n) is 12.1. The molecule has 2 amide bonds. The van der Waals surface area contributed by atoms with Crippen molar-refractivity contribution in [2.45, 2.75) is 45.6 Å². The van der Waals surface area contributed by atoms with Crippen molar-refractivity contribution in [3.63, 3.8) is 0 Å². The summed E-state index contributed by atoms with van der Waals surface area (Å²) < 4.78 is 10.9. The largest absolute Gasteiger partial charge is 0.461 e. The fourth-order valence-electron chi connectivity index (χ4n) is 6.55. The van der Waals surface area contributed by atoms with Crippen LogP contribution in [0.1, 0.15) is 60.2 Å². The van der Waals surface area contributed by atoms with Crippen molar-refractivity contribution in [2.75, 3.05) is 19.0 Å². The molecule has 0 saturated heterocycles. The number of fused-ring (bicyclic) bond motifs is 1. The first-order chi connectivity index (χ1) is 20.0. The van der Waals surface area contributed by atoms with Crippen LogP contribution in [0.25, 0.3) is 0 Å². The third-order valence-electron chi connectivity index (χ3n) is 9.06. The average molecular weight is 594 g/mol. The standard InChI is InChI=1S/C34H40ClNO6/c1-6-22-16-26(34(5,17-22)33(40)41-20-27(18-35)42-32(39)21(3)4)13-12-23-14-24(7-2)25(15-23)19-36-30(37)28-10-8-9-11-29(28)31(36)38/h6-13,22-27H,1-3,14-20H2,4-5H3/b13-12-. The quantitative estimate of drug-likeness (QED) is 0.0948. The van der Waals surface area contributed by atoms with Crippen molar-refractivity contribution >= 4 is 35.4 Å². The van der Waals surface area contributed by atoms with E-state index in [2.05, 4.69) is 31.9 Å². The molecule has 1 aliphatic heterocycles. The van der Waals surface area contributed by atoms with Crippen molar-refractivity contribution in [1.29, 1.82) is 0 Å². The fourth-order valence-corrected chi connectivity index (χ4v) is 6.71. The number of hydrogen-bond acceptors (Lipinski definition) is 6. The minimum atomic E-state index is -0.777. The Morgan fingerprint density at radius 3 is 2.31 bits per heavy atom. The smallest absolute Gasteiger partial charge is 0.333 e. The lowest BCUT2D eigenvalue weighted by Crippen LogP contribution is -2.36. The van der Waals surface area contributed by atoms with Gasteiger partial charge in [-0.15, -0.1) is 24.8 Å². The Kier molecular flexibility index (Phi) is 9.93. The normalized spacial score (nSPS) is 29.4. The number of carbonyl (C=O) groups is 4. The van der Waals surface area contributed by atoms with E-state index in [4.69, 9.17) is 21.1 Å². The molecule has 7 nitrogen and oxygen atoms in total. The summed E-state index contributed by atoms with van der Waals surface area (Å²) in [6, 6.07) is 6.94. The van der Waals surface area contributed by atoms with Gasteiger partial charge >= 0.3 is 11.9 Å². The number of allylic oxidation sites excluding steroid dienone is 4. The second kappa shape index (κ2) is 13.2. The number of hydrogen-bond donors (Lipinski definition) is 0. The van der Waals surface area contributed by atoms with E-state index < -0.39 is 17.5 Å². The van der Waals surface area contributed by atoms with Crippen LogP contribution in [-0.4, -0.2) is 53.8 Å². The third kappa shape index (κ3) is 6.46. The van der Waals surface area contributed by atoms with Gasteiger partial charge in [-0.1, -0.05) is 43.0 Å². The molecule has 1 aromatic rings. The van der Waals surface area contributed by atoms with E-state index in [1.165, 1.54) is 4.90 Å². The molecule has 2 fully saturated rings. The monoisotopic (exact) mass is 593 g/mol.